The summed E-state index contributed by atoms with van der Waals surface area (Å²) >= 11 is 0. The summed E-state index contributed by atoms with van der Waals surface area (Å²) in [7, 11) is 1.72. The Hall–Kier alpha value is -1.29. The van der Waals surface area contributed by atoms with Crippen molar-refractivity contribution in [2.24, 2.45) is 0 Å². The van der Waals surface area contributed by atoms with E-state index in [0.29, 0.717) is 6.04 Å². The molecule has 0 fully saturated rings. The third kappa shape index (κ3) is 4.49. The number of rotatable bonds is 7. The molecule has 1 aromatic rings. The first kappa shape index (κ1) is 12.8. The maximum absolute atomic E-state index is 5.05. The van der Waals surface area contributed by atoms with Gasteiger partial charge < -0.3 is 15.4 Å². The van der Waals surface area contributed by atoms with Crippen LogP contribution in [0.1, 0.15) is 20.3 Å². The van der Waals surface area contributed by atoms with Gasteiger partial charge in [0.05, 0.1) is 0 Å². The van der Waals surface area contributed by atoms with Crippen LogP contribution < -0.4 is 10.6 Å². The van der Waals surface area contributed by atoms with Crippen molar-refractivity contribution in [2.45, 2.75) is 26.3 Å². The molecule has 0 saturated carbocycles. The molecule has 0 aliphatic carbocycles. The molecular weight excluding hydrogens is 202 g/mol. The van der Waals surface area contributed by atoms with Gasteiger partial charge >= 0.3 is 0 Å². The second-order valence-electron chi connectivity index (χ2n) is 3.79. The number of hydrogen-bond acceptors (Lipinski definition) is 4. The maximum Gasteiger partial charge on any atom is 0.127 e. The highest BCUT2D eigenvalue weighted by Gasteiger charge is 2.02. The summed E-state index contributed by atoms with van der Waals surface area (Å²) in [5, 5.41) is 6.60. The van der Waals surface area contributed by atoms with Gasteiger partial charge in [0.25, 0.3) is 0 Å². The van der Waals surface area contributed by atoms with Gasteiger partial charge in [-0.25, -0.2) is 4.98 Å². The standard InChI is InChI=1S/C12H21N3O/c1-4-13-12-9-11(5-7-14-12)15-10(2)6-8-16-3/h5,7,9-10H,4,6,8H2,1-3H3,(H2,13,14,15). The first-order valence-corrected chi connectivity index (χ1v) is 5.71. The van der Waals surface area contributed by atoms with Crippen LogP contribution >= 0.6 is 0 Å². The third-order valence-electron chi connectivity index (χ3n) is 2.29. The Morgan fingerprint density at radius 3 is 3.00 bits per heavy atom. The summed E-state index contributed by atoms with van der Waals surface area (Å²) in [6.45, 7) is 5.87. The van der Waals surface area contributed by atoms with E-state index in [1.54, 1.807) is 7.11 Å². The van der Waals surface area contributed by atoms with E-state index in [0.717, 1.165) is 31.1 Å². The van der Waals surface area contributed by atoms with Gasteiger partial charge in [0.1, 0.15) is 5.82 Å². The largest absolute Gasteiger partial charge is 0.385 e. The molecule has 16 heavy (non-hydrogen) atoms. The minimum absolute atomic E-state index is 0.400. The molecule has 1 rings (SSSR count). The summed E-state index contributed by atoms with van der Waals surface area (Å²) < 4.78 is 5.05. The molecule has 1 aromatic heterocycles. The molecule has 0 aliphatic rings. The molecular formula is C12H21N3O. The van der Waals surface area contributed by atoms with Crippen LogP contribution in [-0.4, -0.2) is 31.3 Å². The first-order valence-electron chi connectivity index (χ1n) is 5.71. The highest BCUT2D eigenvalue weighted by Crippen LogP contribution is 2.13. The van der Waals surface area contributed by atoms with E-state index in [-0.39, 0.29) is 0 Å². The molecule has 0 aliphatic heterocycles. The molecule has 0 amide bonds. The zero-order chi connectivity index (χ0) is 11.8. The zero-order valence-corrected chi connectivity index (χ0v) is 10.3. The Bertz CT molecular complexity index is 304. The smallest absolute Gasteiger partial charge is 0.127 e. The average Bonchev–Trinajstić information content (AvgIpc) is 2.27. The number of pyridine rings is 1. The van der Waals surface area contributed by atoms with Crippen LogP contribution in [0.4, 0.5) is 11.5 Å². The number of ether oxygens (including phenoxy) is 1. The van der Waals surface area contributed by atoms with Crippen LogP contribution in [0.3, 0.4) is 0 Å². The van der Waals surface area contributed by atoms with E-state index in [1.807, 2.05) is 18.3 Å². The summed E-state index contributed by atoms with van der Waals surface area (Å²) in [5.41, 5.74) is 1.09. The Labute approximate surface area is 97.4 Å². The number of hydrogen-bond donors (Lipinski definition) is 2. The Kier molecular flexibility index (Phi) is 5.64. The normalized spacial score (nSPS) is 12.2. The molecule has 1 unspecified atom stereocenters. The molecule has 0 bridgehead atoms. The molecule has 0 saturated heterocycles. The second kappa shape index (κ2) is 7.06. The SMILES string of the molecule is CCNc1cc(NC(C)CCOC)ccn1. The molecule has 1 heterocycles. The number of nitrogens with zero attached hydrogens (tertiary/aromatic N) is 1. The van der Waals surface area contributed by atoms with Crippen LogP contribution in [0.2, 0.25) is 0 Å². The van der Waals surface area contributed by atoms with Crippen molar-refractivity contribution < 1.29 is 4.74 Å². The van der Waals surface area contributed by atoms with Crippen molar-refractivity contribution in [3.63, 3.8) is 0 Å². The van der Waals surface area contributed by atoms with Gasteiger partial charge in [0, 0.05) is 44.3 Å². The summed E-state index contributed by atoms with van der Waals surface area (Å²) in [4.78, 5) is 4.22. The first-order chi connectivity index (χ1) is 7.76. The van der Waals surface area contributed by atoms with E-state index in [4.69, 9.17) is 4.74 Å². The van der Waals surface area contributed by atoms with Crippen LogP contribution in [0, 0.1) is 0 Å². The van der Waals surface area contributed by atoms with Gasteiger partial charge in [0.2, 0.25) is 0 Å². The summed E-state index contributed by atoms with van der Waals surface area (Å²) in [6.07, 6.45) is 2.80. The van der Waals surface area contributed by atoms with E-state index in [9.17, 15) is 0 Å². The molecule has 90 valence electrons. The Balaban J connectivity index is 2.49. The topological polar surface area (TPSA) is 46.2 Å². The quantitative estimate of drug-likeness (QED) is 0.745. The van der Waals surface area contributed by atoms with E-state index in [1.165, 1.54) is 0 Å². The minimum Gasteiger partial charge on any atom is -0.385 e. The average molecular weight is 223 g/mol. The van der Waals surface area contributed by atoms with Gasteiger partial charge in [0.15, 0.2) is 0 Å². The highest BCUT2D eigenvalue weighted by atomic mass is 16.5. The predicted octanol–water partition coefficient (Wildman–Crippen LogP) is 2.35. The number of nitrogens with one attached hydrogen (secondary N) is 2. The van der Waals surface area contributed by atoms with Crippen LogP contribution in [-0.2, 0) is 4.74 Å². The van der Waals surface area contributed by atoms with Crippen molar-refractivity contribution in [3.05, 3.63) is 18.3 Å². The maximum atomic E-state index is 5.05. The summed E-state index contributed by atoms with van der Waals surface area (Å²) in [5.74, 6) is 0.909. The van der Waals surface area contributed by atoms with Gasteiger partial charge in [-0.05, 0) is 26.3 Å². The number of aromatic nitrogens is 1. The van der Waals surface area contributed by atoms with Gasteiger partial charge in [-0.2, -0.15) is 0 Å². The van der Waals surface area contributed by atoms with Crippen molar-refractivity contribution in [2.75, 3.05) is 30.9 Å². The highest BCUT2D eigenvalue weighted by molar-refractivity contribution is 5.52. The lowest BCUT2D eigenvalue weighted by atomic mass is 10.2. The van der Waals surface area contributed by atoms with E-state index < -0.39 is 0 Å². The molecule has 4 nitrogen and oxygen atoms in total. The zero-order valence-electron chi connectivity index (χ0n) is 10.3. The van der Waals surface area contributed by atoms with Crippen LogP contribution in [0.5, 0.6) is 0 Å². The number of anilines is 2. The van der Waals surface area contributed by atoms with Gasteiger partial charge in [-0.15, -0.1) is 0 Å². The molecule has 4 heteroatoms. The lowest BCUT2D eigenvalue weighted by molar-refractivity contribution is 0.191. The fraction of sp³-hybridized carbons (Fsp3) is 0.583. The molecule has 2 N–H and O–H groups in total. The molecule has 0 spiro atoms. The Morgan fingerprint density at radius 2 is 2.31 bits per heavy atom. The minimum atomic E-state index is 0.400. The molecule has 0 aromatic carbocycles. The van der Waals surface area contributed by atoms with Crippen molar-refractivity contribution >= 4 is 11.5 Å². The van der Waals surface area contributed by atoms with E-state index >= 15 is 0 Å². The Morgan fingerprint density at radius 1 is 1.50 bits per heavy atom. The fourth-order valence-electron chi connectivity index (χ4n) is 1.45. The van der Waals surface area contributed by atoms with Crippen LogP contribution in [0.25, 0.3) is 0 Å². The fourth-order valence-corrected chi connectivity index (χ4v) is 1.45. The second-order valence-corrected chi connectivity index (χ2v) is 3.79. The monoisotopic (exact) mass is 223 g/mol. The van der Waals surface area contributed by atoms with E-state index in [2.05, 4.69) is 29.5 Å². The van der Waals surface area contributed by atoms with Gasteiger partial charge in [-0.1, -0.05) is 0 Å². The molecule has 0 radical (unpaired) electrons. The third-order valence-corrected chi connectivity index (χ3v) is 2.29. The number of methoxy groups -OCH3 is 1. The van der Waals surface area contributed by atoms with Crippen molar-refractivity contribution in [1.29, 1.82) is 0 Å². The molecule has 1 atom stereocenters. The van der Waals surface area contributed by atoms with Gasteiger partial charge in [-0.3, -0.25) is 0 Å². The van der Waals surface area contributed by atoms with Crippen molar-refractivity contribution in [3.8, 4) is 0 Å². The lowest BCUT2D eigenvalue weighted by Gasteiger charge is -2.15. The van der Waals surface area contributed by atoms with Crippen LogP contribution in [0.15, 0.2) is 18.3 Å². The van der Waals surface area contributed by atoms with Crippen molar-refractivity contribution in [1.82, 2.24) is 4.98 Å². The predicted molar refractivity (Wildman–Crippen MR) is 68.0 cm³/mol. The summed E-state index contributed by atoms with van der Waals surface area (Å²) in [6, 6.07) is 4.40. The lowest BCUT2D eigenvalue weighted by Crippen LogP contribution is -2.17.